The van der Waals surface area contributed by atoms with Crippen LogP contribution in [-0.4, -0.2) is 76.5 Å². The summed E-state index contributed by atoms with van der Waals surface area (Å²) in [6, 6.07) is -5.07. The average Bonchev–Trinajstić information content (AvgIpc) is 2.74. The van der Waals surface area contributed by atoms with Gasteiger partial charge in [-0.3, -0.25) is 24.0 Å². The smallest absolute Gasteiger partial charge is 0.326 e. The lowest BCUT2D eigenvalue weighted by Crippen LogP contribution is -2.57. The molecule has 4 unspecified atom stereocenters. The van der Waals surface area contributed by atoms with Crippen LogP contribution in [-0.2, 0) is 28.8 Å². The van der Waals surface area contributed by atoms with Crippen LogP contribution in [0.1, 0.15) is 58.8 Å². The van der Waals surface area contributed by atoms with E-state index in [1.807, 2.05) is 0 Å². The molecule has 0 aromatic carbocycles. The Morgan fingerprint density at radius 2 is 1.34 bits per heavy atom. The molecule has 0 aliphatic heterocycles. The molecular weight excluding hydrogens is 464 g/mol. The highest BCUT2D eigenvalue weighted by atomic mass is 16.4. The van der Waals surface area contributed by atoms with Crippen molar-refractivity contribution in [3.8, 4) is 0 Å². The number of aliphatic carboxylic acids is 2. The Hall–Kier alpha value is -3.26. The molecule has 0 heterocycles. The van der Waals surface area contributed by atoms with Crippen molar-refractivity contribution in [3.05, 3.63) is 0 Å². The van der Waals surface area contributed by atoms with Gasteiger partial charge in [-0.2, -0.15) is 0 Å². The first-order valence-corrected chi connectivity index (χ1v) is 11.4. The van der Waals surface area contributed by atoms with Crippen molar-refractivity contribution in [2.45, 2.75) is 83.0 Å². The molecule has 4 atom stereocenters. The van der Waals surface area contributed by atoms with Crippen LogP contribution in [0.3, 0.4) is 0 Å². The second kappa shape index (κ2) is 16.4. The summed E-state index contributed by atoms with van der Waals surface area (Å²) in [4.78, 5) is 71.6. The fourth-order valence-corrected chi connectivity index (χ4v) is 3.10. The van der Waals surface area contributed by atoms with Crippen molar-refractivity contribution in [3.63, 3.8) is 0 Å². The number of nitrogens with one attached hydrogen (secondary N) is 3. The van der Waals surface area contributed by atoms with Crippen LogP contribution in [0, 0.1) is 5.92 Å². The van der Waals surface area contributed by atoms with E-state index in [0.717, 1.165) is 0 Å². The molecule has 14 heteroatoms. The molecule has 4 amide bonds. The summed E-state index contributed by atoms with van der Waals surface area (Å²) in [6.45, 7) is 3.95. The van der Waals surface area contributed by atoms with Gasteiger partial charge in [0.2, 0.25) is 23.6 Å². The lowest BCUT2D eigenvalue weighted by atomic mass is 10.0. The Morgan fingerprint density at radius 1 is 0.800 bits per heavy atom. The predicted molar refractivity (Wildman–Crippen MR) is 124 cm³/mol. The molecule has 11 N–H and O–H groups in total. The summed E-state index contributed by atoms with van der Waals surface area (Å²) in [5.74, 6) is -6.11. The molecule has 14 nitrogen and oxygen atoms in total. The molecule has 0 aromatic heterocycles. The number of hydrogen-bond acceptors (Lipinski definition) is 8. The number of unbranched alkanes of at least 4 members (excludes halogenated alkanes) is 1. The maximum absolute atomic E-state index is 12.9. The minimum Gasteiger partial charge on any atom is -0.481 e. The summed E-state index contributed by atoms with van der Waals surface area (Å²) >= 11 is 0. The third kappa shape index (κ3) is 13.9. The molecule has 0 saturated heterocycles. The van der Waals surface area contributed by atoms with Gasteiger partial charge in [0, 0.05) is 6.42 Å². The number of hydrogen-bond donors (Lipinski definition) is 8. The van der Waals surface area contributed by atoms with Crippen LogP contribution in [0.4, 0.5) is 0 Å². The molecule has 0 rings (SSSR count). The van der Waals surface area contributed by atoms with Crippen molar-refractivity contribution in [1.29, 1.82) is 0 Å². The zero-order valence-electron chi connectivity index (χ0n) is 20.1. The summed E-state index contributed by atoms with van der Waals surface area (Å²) in [5.41, 5.74) is 16.3. The molecule has 35 heavy (non-hydrogen) atoms. The number of rotatable bonds is 18. The molecule has 0 saturated carbocycles. The first kappa shape index (κ1) is 31.7. The normalized spacial score (nSPS) is 14.3. The number of amides is 4. The summed E-state index contributed by atoms with van der Waals surface area (Å²) < 4.78 is 0. The van der Waals surface area contributed by atoms with Crippen LogP contribution >= 0.6 is 0 Å². The highest BCUT2D eigenvalue weighted by molar-refractivity contribution is 5.95. The summed E-state index contributed by atoms with van der Waals surface area (Å²) in [6.07, 6.45) is 0.290. The topological polar surface area (TPSA) is 257 Å². The molecule has 0 radical (unpaired) electrons. The first-order chi connectivity index (χ1) is 16.3. The van der Waals surface area contributed by atoms with E-state index in [-0.39, 0.29) is 18.8 Å². The Kier molecular flexibility index (Phi) is 14.9. The predicted octanol–water partition coefficient (Wildman–Crippen LogP) is -2.23. The van der Waals surface area contributed by atoms with Gasteiger partial charge < -0.3 is 43.4 Å². The third-order valence-corrected chi connectivity index (χ3v) is 4.95. The number of carbonyl (C=O) groups excluding carboxylic acids is 4. The largest absolute Gasteiger partial charge is 0.481 e. The molecule has 0 aliphatic rings. The lowest BCUT2D eigenvalue weighted by molar-refractivity contribution is -0.144. The van der Waals surface area contributed by atoms with Crippen LogP contribution < -0.4 is 33.2 Å². The molecular formula is C21H38N6O8. The van der Waals surface area contributed by atoms with E-state index in [1.165, 1.54) is 0 Å². The second-order valence-corrected chi connectivity index (χ2v) is 8.65. The number of nitrogens with two attached hydrogens (primary N) is 3. The number of carboxylic acid groups (broad SMARTS) is 2. The van der Waals surface area contributed by atoms with E-state index < -0.39 is 72.6 Å². The Labute approximate surface area is 203 Å². The van der Waals surface area contributed by atoms with Gasteiger partial charge in [-0.25, -0.2) is 4.79 Å². The van der Waals surface area contributed by atoms with E-state index in [0.29, 0.717) is 25.8 Å². The van der Waals surface area contributed by atoms with Crippen LogP contribution in [0.2, 0.25) is 0 Å². The summed E-state index contributed by atoms with van der Waals surface area (Å²) in [5, 5.41) is 25.3. The van der Waals surface area contributed by atoms with E-state index in [1.54, 1.807) is 13.8 Å². The van der Waals surface area contributed by atoms with Gasteiger partial charge in [-0.05, 0) is 38.1 Å². The van der Waals surface area contributed by atoms with Crippen LogP contribution in [0.15, 0.2) is 0 Å². The highest BCUT2D eigenvalue weighted by Crippen LogP contribution is 2.08. The SMILES string of the molecule is CC(C)CC(NC(=O)C(CCC(=O)O)NC(=O)C(N)CCCCN)C(=O)NC(CC(N)=O)C(=O)O. The monoisotopic (exact) mass is 502 g/mol. The number of carbonyl (C=O) groups is 6. The summed E-state index contributed by atoms with van der Waals surface area (Å²) in [7, 11) is 0. The van der Waals surface area contributed by atoms with E-state index in [4.69, 9.17) is 22.3 Å². The van der Waals surface area contributed by atoms with E-state index in [2.05, 4.69) is 16.0 Å². The van der Waals surface area contributed by atoms with Gasteiger partial charge in [0.05, 0.1) is 12.5 Å². The van der Waals surface area contributed by atoms with Gasteiger partial charge in [0.25, 0.3) is 0 Å². The van der Waals surface area contributed by atoms with Gasteiger partial charge in [0.15, 0.2) is 0 Å². The van der Waals surface area contributed by atoms with E-state index >= 15 is 0 Å². The molecule has 0 spiro atoms. The van der Waals surface area contributed by atoms with Crippen molar-refractivity contribution >= 4 is 35.6 Å². The van der Waals surface area contributed by atoms with Gasteiger partial charge in [-0.15, -0.1) is 0 Å². The van der Waals surface area contributed by atoms with Crippen molar-refractivity contribution in [1.82, 2.24) is 16.0 Å². The Morgan fingerprint density at radius 3 is 1.83 bits per heavy atom. The lowest BCUT2D eigenvalue weighted by Gasteiger charge is -2.26. The molecule has 0 fully saturated rings. The quantitative estimate of drug-likeness (QED) is 0.0935. The Bertz CT molecular complexity index is 760. The number of primary amides is 1. The first-order valence-electron chi connectivity index (χ1n) is 11.4. The maximum atomic E-state index is 12.9. The molecule has 0 aliphatic carbocycles. The van der Waals surface area contributed by atoms with Crippen LogP contribution in [0.25, 0.3) is 0 Å². The van der Waals surface area contributed by atoms with Crippen molar-refractivity contribution < 1.29 is 39.0 Å². The Balaban J connectivity index is 5.52. The average molecular weight is 503 g/mol. The maximum Gasteiger partial charge on any atom is 0.326 e. The fourth-order valence-electron chi connectivity index (χ4n) is 3.10. The van der Waals surface area contributed by atoms with Gasteiger partial charge in [0.1, 0.15) is 18.1 Å². The zero-order chi connectivity index (χ0) is 27.1. The molecule has 0 aromatic rings. The molecule has 0 bridgehead atoms. The second-order valence-electron chi connectivity index (χ2n) is 8.65. The standard InChI is InChI=1S/C21H38N6O8/c1-11(2)9-14(20(33)27-15(21(34)35)10-16(24)28)26-19(32)13(6-7-17(29)30)25-18(31)12(23)5-3-4-8-22/h11-15H,3-10,22-23H2,1-2H3,(H2,24,28)(H,25,31)(H,26,32)(H,27,33)(H,29,30)(H,34,35). The zero-order valence-corrected chi connectivity index (χ0v) is 20.1. The van der Waals surface area contributed by atoms with Crippen molar-refractivity contribution in [2.75, 3.05) is 6.54 Å². The number of carboxylic acids is 2. The van der Waals surface area contributed by atoms with E-state index in [9.17, 15) is 33.9 Å². The fraction of sp³-hybridized carbons (Fsp3) is 0.714. The highest BCUT2D eigenvalue weighted by Gasteiger charge is 2.31. The minimum absolute atomic E-state index is 0.0959. The van der Waals surface area contributed by atoms with Crippen molar-refractivity contribution in [2.24, 2.45) is 23.1 Å². The van der Waals surface area contributed by atoms with Gasteiger partial charge in [-0.1, -0.05) is 20.3 Å². The minimum atomic E-state index is -1.60. The third-order valence-electron chi connectivity index (χ3n) is 4.95. The molecule has 200 valence electrons. The van der Waals surface area contributed by atoms with Gasteiger partial charge >= 0.3 is 11.9 Å². The van der Waals surface area contributed by atoms with Crippen LogP contribution in [0.5, 0.6) is 0 Å².